The second kappa shape index (κ2) is 11.4. The molecule has 0 fully saturated rings. The van der Waals surface area contributed by atoms with Crippen LogP contribution in [0.4, 0.5) is 0 Å². The first-order valence-corrected chi connectivity index (χ1v) is 7.12. The third-order valence-electron chi connectivity index (χ3n) is 3.16. The molecule has 1 atom stereocenters. The van der Waals surface area contributed by atoms with Gasteiger partial charge in [-0.2, -0.15) is 0 Å². The minimum Gasteiger partial charge on any atom is -0.329 e. The lowest BCUT2D eigenvalue weighted by Crippen LogP contribution is -2.29. The molecule has 0 heterocycles. The maximum Gasteiger partial charge on any atom is 0.0163 e. The third-order valence-corrected chi connectivity index (χ3v) is 3.16. The van der Waals surface area contributed by atoms with Crippen molar-refractivity contribution in [2.75, 3.05) is 6.54 Å². The van der Waals surface area contributed by atoms with Gasteiger partial charge in [-0.15, -0.1) is 0 Å². The summed E-state index contributed by atoms with van der Waals surface area (Å²) in [6.07, 6.45) is 12.1. The summed E-state index contributed by atoms with van der Waals surface area (Å²) < 4.78 is 0. The Morgan fingerprint density at radius 1 is 0.750 bits per heavy atom. The van der Waals surface area contributed by atoms with Gasteiger partial charge in [0.1, 0.15) is 0 Å². The van der Waals surface area contributed by atoms with Gasteiger partial charge in [0.15, 0.2) is 0 Å². The first-order valence-electron chi connectivity index (χ1n) is 7.12. The standard InChI is InChI=1S/C14H32N2/c1-13(2)10-8-6-4-3-5-7-9-11-14(16)12-15/h13-14H,3-12,15-16H2,1-2H3. The van der Waals surface area contributed by atoms with Crippen LogP contribution in [0.15, 0.2) is 0 Å². The van der Waals surface area contributed by atoms with Crippen LogP contribution in [-0.2, 0) is 0 Å². The van der Waals surface area contributed by atoms with Crippen LogP contribution < -0.4 is 11.5 Å². The molecule has 0 saturated heterocycles. The van der Waals surface area contributed by atoms with E-state index in [1.165, 1.54) is 51.4 Å². The molecule has 0 bridgehead atoms. The number of rotatable bonds is 11. The summed E-state index contributed by atoms with van der Waals surface area (Å²) in [6.45, 7) is 5.25. The van der Waals surface area contributed by atoms with Crippen LogP contribution in [0, 0.1) is 5.92 Å². The fourth-order valence-corrected chi connectivity index (χ4v) is 1.96. The van der Waals surface area contributed by atoms with Gasteiger partial charge in [0.05, 0.1) is 0 Å². The molecule has 0 aliphatic rings. The van der Waals surface area contributed by atoms with Crippen LogP contribution in [0.1, 0.15) is 71.6 Å². The highest BCUT2D eigenvalue weighted by atomic mass is 14.7. The minimum absolute atomic E-state index is 0.228. The van der Waals surface area contributed by atoms with E-state index in [4.69, 9.17) is 11.5 Å². The molecule has 0 aromatic carbocycles. The van der Waals surface area contributed by atoms with Crippen molar-refractivity contribution in [3.8, 4) is 0 Å². The third kappa shape index (κ3) is 12.0. The number of hydrogen-bond donors (Lipinski definition) is 2. The zero-order valence-electron chi connectivity index (χ0n) is 11.4. The van der Waals surface area contributed by atoms with Gasteiger partial charge in [0, 0.05) is 12.6 Å². The Morgan fingerprint density at radius 3 is 1.62 bits per heavy atom. The summed E-state index contributed by atoms with van der Waals surface area (Å²) in [6, 6.07) is 0.228. The maximum absolute atomic E-state index is 5.76. The first-order chi connectivity index (χ1) is 7.66. The first kappa shape index (κ1) is 15.9. The highest BCUT2D eigenvalue weighted by Crippen LogP contribution is 2.12. The fraction of sp³-hybridized carbons (Fsp3) is 1.00. The van der Waals surface area contributed by atoms with Crippen LogP contribution >= 0.6 is 0 Å². The van der Waals surface area contributed by atoms with E-state index in [9.17, 15) is 0 Å². The number of unbranched alkanes of at least 4 members (excludes halogenated alkanes) is 6. The smallest absolute Gasteiger partial charge is 0.0163 e. The normalized spacial score (nSPS) is 13.3. The van der Waals surface area contributed by atoms with E-state index < -0.39 is 0 Å². The molecular weight excluding hydrogens is 196 g/mol. The topological polar surface area (TPSA) is 52.0 Å². The summed E-state index contributed by atoms with van der Waals surface area (Å²) in [7, 11) is 0. The highest BCUT2D eigenvalue weighted by Gasteiger charge is 1.98. The molecule has 98 valence electrons. The van der Waals surface area contributed by atoms with Crippen molar-refractivity contribution in [3.05, 3.63) is 0 Å². The molecule has 0 aromatic rings. The van der Waals surface area contributed by atoms with Gasteiger partial charge in [-0.25, -0.2) is 0 Å². The lowest BCUT2D eigenvalue weighted by atomic mass is 10.0. The molecule has 0 radical (unpaired) electrons. The highest BCUT2D eigenvalue weighted by molar-refractivity contribution is 4.61. The Hall–Kier alpha value is -0.0800. The lowest BCUT2D eigenvalue weighted by molar-refractivity contribution is 0.500. The Morgan fingerprint density at radius 2 is 1.19 bits per heavy atom. The van der Waals surface area contributed by atoms with Crippen molar-refractivity contribution in [2.45, 2.75) is 77.7 Å². The Kier molecular flexibility index (Phi) is 11.3. The maximum atomic E-state index is 5.76. The Bertz CT molecular complexity index is 135. The second-order valence-corrected chi connectivity index (χ2v) is 5.44. The predicted octanol–water partition coefficient (Wildman–Crippen LogP) is 3.44. The summed E-state index contributed by atoms with van der Waals surface area (Å²) >= 11 is 0. The zero-order valence-corrected chi connectivity index (χ0v) is 11.4. The van der Waals surface area contributed by atoms with Gasteiger partial charge in [0.25, 0.3) is 0 Å². The number of hydrogen-bond acceptors (Lipinski definition) is 2. The molecule has 0 saturated carbocycles. The van der Waals surface area contributed by atoms with Gasteiger partial charge in [-0.05, 0) is 12.3 Å². The van der Waals surface area contributed by atoms with Crippen molar-refractivity contribution in [2.24, 2.45) is 17.4 Å². The quantitative estimate of drug-likeness (QED) is 0.532. The second-order valence-electron chi connectivity index (χ2n) is 5.44. The largest absolute Gasteiger partial charge is 0.329 e. The summed E-state index contributed by atoms with van der Waals surface area (Å²) in [4.78, 5) is 0. The van der Waals surface area contributed by atoms with Crippen LogP contribution in [0.25, 0.3) is 0 Å². The molecule has 0 aliphatic heterocycles. The lowest BCUT2D eigenvalue weighted by Gasteiger charge is -2.07. The molecule has 0 amide bonds. The summed E-state index contributed by atoms with van der Waals surface area (Å²) in [5.74, 6) is 0.873. The molecule has 0 aromatic heterocycles. The van der Waals surface area contributed by atoms with E-state index in [2.05, 4.69) is 13.8 Å². The van der Waals surface area contributed by atoms with E-state index >= 15 is 0 Å². The average molecular weight is 228 g/mol. The summed E-state index contributed by atoms with van der Waals surface area (Å²) in [5.41, 5.74) is 11.2. The van der Waals surface area contributed by atoms with Crippen LogP contribution in [0.5, 0.6) is 0 Å². The van der Waals surface area contributed by atoms with Crippen molar-refractivity contribution in [1.82, 2.24) is 0 Å². The minimum atomic E-state index is 0.228. The monoisotopic (exact) mass is 228 g/mol. The number of nitrogens with two attached hydrogens (primary N) is 2. The molecule has 16 heavy (non-hydrogen) atoms. The van der Waals surface area contributed by atoms with Crippen LogP contribution in [0.3, 0.4) is 0 Å². The molecule has 2 heteroatoms. The molecular formula is C14H32N2. The van der Waals surface area contributed by atoms with Crippen molar-refractivity contribution in [3.63, 3.8) is 0 Å². The molecule has 4 N–H and O–H groups in total. The van der Waals surface area contributed by atoms with Crippen molar-refractivity contribution < 1.29 is 0 Å². The van der Waals surface area contributed by atoms with Crippen molar-refractivity contribution in [1.29, 1.82) is 0 Å². The van der Waals surface area contributed by atoms with E-state index in [1.807, 2.05) is 0 Å². The fourth-order valence-electron chi connectivity index (χ4n) is 1.96. The Balaban J connectivity index is 2.99. The Labute approximate surface area is 102 Å². The van der Waals surface area contributed by atoms with Gasteiger partial charge in [-0.1, -0.05) is 65.2 Å². The van der Waals surface area contributed by atoms with E-state index in [-0.39, 0.29) is 6.04 Å². The van der Waals surface area contributed by atoms with E-state index in [1.54, 1.807) is 0 Å². The van der Waals surface area contributed by atoms with Gasteiger partial charge in [0.2, 0.25) is 0 Å². The zero-order chi connectivity index (χ0) is 12.2. The summed E-state index contributed by atoms with van der Waals surface area (Å²) in [5, 5.41) is 0. The van der Waals surface area contributed by atoms with Crippen molar-refractivity contribution >= 4 is 0 Å². The van der Waals surface area contributed by atoms with E-state index in [0.717, 1.165) is 12.3 Å². The molecule has 2 nitrogen and oxygen atoms in total. The molecule has 0 spiro atoms. The van der Waals surface area contributed by atoms with Gasteiger partial charge < -0.3 is 11.5 Å². The molecule has 0 rings (SSSR count). The molecule has 1 unspecified atom stereocenters. The van der Waals surface area contributed by atoms with Gasteiger partial charge >= 0.3 is 0 Å². The van der Waals surface area contributed by atoms with Gasteiger partial charge in [-0.3, -0.25) is 0 Å². The average Bonchev–Trinajstić information content (AvgIpc) is 2.26. The van der Waals surface area contributed by atoms with E-state index in [0.29, 0.717) is 6.54 Å². The SMILES string of the molecule is CC(C)CCCCCCCCCC(N)CN. The van der Waals surface area contributed by atoms with Crippen LogP contribution in [-0.4, -0.2) is 12.6 Å². The van der Waals surface area contributed by atoms with Crippen LogP contribution in [0.2, 0.25) is 0 Å². The predicted molar refractivity (Wildman–Crippen MR) is 73.4 cm³/mol. The molecule has 0 aliphatic carbocycles.